The van der Waals surface area contributed by atoms with Crippen LogP contribution in [0.3, 0.4) is 0 Å². The van der Waals surface area contributed by atoms with Gasteiger partial charge in [-0.2, -0.15) is 0 Å². The van der Waals surface area contributed by atoms with E-state index in [1.54, 1.807) is 48.5 Å². The highest BCUT2D eigenvalue weighted by atomic mass is 33.1. The molecule has 4 N–H and O–H groups in total. The molecule has 2 amide bonds. The van der Waals surface area contributed by atoms with Gasteiger partial charge in [0.2, 0.25) is 0 Å². The van der Waals surface area contributed by atoms with Crippen LogP contribution in [0.5, 0.6) is 0 Å². The van der Waals surface area contributed by atoms with Gasteiger partial charge in [0, 0.05) is 9.79 Å². The number of carbonyl (C=O) groups is 4. The lowest BCUT2D eigenvalue weighted by molar-refractivity contribution is -0.140. The third-order valence-electron chi connectivity index (χ3n) is 5.11. The number of rotatable bonds is 13. The van der Waals surface area contributed by atoms with Crippen molar-refractivity contribution in [1.82, 2.24) is 10.6 Å². The highest BCUT2D eigenvalue weighted by Gasteiger charge is 2.25. The third-order valence-corrected chi connectivity index (χ3v) is 7.59. The van der Waals surface area contributed by atoms with E-state index in [9.17, 15) is 29.4 Å². The molecule has 0 heterocycles. The third kappa shape index (κ3) is 8.91. The molecule has 0 radical (unpaired) electrons. The van der Waals surface area contributed by atoms with Crippen LogP contribution in [-0.4, -0.2) is 46.0 Å². The number of carboxylic acids is 2. The predicted octanol–water partition coefficient (Wildman–Crippen LogP) is 4.94. The van der Waals surface area contributed by atoms with Crippen molar-refractivity contribution in [3.63, 3.8) is 0 Å². The van der Waals surface area contributed by atoms with Crippen LogP contribution in [-0.2, 0) is 9.59 Å². The van der Waals surface area contributed by atoms with Crippen LogP contribution >= 0.6 is 21.6 Å². The van der Waals surface area contributed by atoms with Gasteiger partial charge in [0.15, 0.2) is 0 Å². The predicted molar refractivity (Wildman–Crippen MR) is 141 cm³/mol. The molecule has 194 valence electrons. The molecule has 2 aromatic carbocycles. The molecule has 0 saturated carbocycles. The monoisotopic (exact) mass is 532 g/mol. The lowest BCUT2D eigenvalue weighted by Crippen LogP contribution is -2.41. The molecule has 0 aliphatic heterocycles. The van der Waals surface area contributed by atoms with Gasteiger partial charge in [-0.05, 0) is 48.9 Å². The highest BCUT2D eigenvalue weighted by Crippen LogP contribution is 2.40. The molecule has 10 heteroatoms. The Balaban J connectivity index is 2.19. The molecule has 8 nitrogen and oxygen atoms in total. The summed E-state index contributed by atoms with van der Waals surface area (Å²) in [5.74, 6) is -2.97. The van der Waals surface area contributed by atoms with Crippen molar-refractivity contribution in [2.75, 3.05) is 0 Å². The summed E-state index contributed by atoms with van der Waals surface area (Å²) in [7, 11) is 2.51. The van der Waals surface area contributed by atoms with E-state index in [-0.39, 0.29) is 11.8 Å². The van der Waals surface area contributed by atoms with Gasteiger partial charge >= 0.3 is 11.9 Å². The van der Waals surface area contributed by atoms with Gasteiger partial charge in [-0.25, -0.2) is 9.59 Å². The summed E-state index contributed by atoms with van der Waals surface area (Å²) in [6.45, 7) is 7.55. The van der Waals surface area contributed by atoms with Crippen LogP contribution in [0.25, 0.3) is 0 Å². The summed E-state index contributed by atoms with van der Waals surface area (Å²) < 4.78 is 0. The molecule has 2 atom stereocenters. The van der Waals surface area contributed by atoms with Gasteiger partial charge in [-0.3, -0.25) is 9.59 Å². The van der Waals surface area contributed by atoms with E-state index in [0.717, 1.165) is 0 Å². The molecule has 0 aliphatic carbocycles. The first-order chi connectivity index (χ1) is 17.0. The second-order valence-corrected chi connectivity index (χ2v) is 11.4. The van der Waals surface area contributed by atoms with E-state index in [1.807, 2.05) is 27.7 Å². The molecule has 0 saturated heterocycles. The Labute approximate surface area is 219 Å². The highest BCUT2D eigenvalue weighted by molar-refractivity contribution is 8.76. The van der Waals surface area contributed by atoms with Gasteiger partial charge in [0.25, 0.3) is 11.8 Å². The first kappa shape index (κ1) is 29.3. The largest absolute Gasteiger partial charge is 0.480 e. The summed E-state index contributed by atoms with van der Waals surface area (Å²) in [6, 6.07) is 11.7. The van der Waals surface area contributed by atoms with Crippen LogP contribution in [0.15, 0.2) is 58.3 Å². The van der Waals surface area contributed by atoms with E-state index in [2.05, 4.69) is 10.6 Å². The van der Waals surface area contributed by atoms with E-state index in [1.165, 1.54) is 21.6 Å². The zero-order valence-electron chi connectivity index (χ0n) is 20.7. The Morgan fingerprint density at radius 3 is 1.31 bits per heavy atom. The maximum absolute atomic E-state index is 12.9. The van der Waals surface area contributed by atoms with Crippen molar-refractivity contribution in [3.05, 3.63) is 59.7 Å². The molecule has 0 aliphatic rings. The summed E-state index contributed by atoms with van der Waals surface area (Å²) >= 11 is 0. The number of carboxylic acid groups (broad SMARTS) is 2. The van der Waals surface area contributed by atoms with Crippen molar-refractivity contribution in [2.45, 2.75) is 62.4 Å². The summed E-state index contributed by atoms with van der Waals surface area (Å²) in [5.41, 5.74) is 0.657. The number of amides is 2. The van der Waals surface area contributed by atoms with Crippen molar-refractivity contribution in [3.8, 4) is 0 Å². The molecule has 2 rings (SSSR count). The molecule has 0 aromatic heterocycles. The number of benzene rings is 2. The van der Waals surface area contributed by atoms with Gasteiger partial charge in [0.1, 0.15) is 12.1 Å². The van der Waals surface area contributed by atoms with Crippen LogP contribution in [0.4, 0.5) is 0 Å². The molecular formula is C26H32N2O6S2. The van der Waals surface area contributed by atoms with E-state index in [0.29, 0.717) is 33.8 Å². The number of hydrogen-bond acceptors (Lipinski definition) is 6. The molecule has 2 aromatic rings. The Hall–Kier alpha value is -2.98. The molecular weight excluding hydrogens is 500 g/mol. The molecule has 36 heavy (non-hydrogen) atoms. The minimum Gasteiger partial charge on any atom is -0.480 e. The summed E-state index contributed by atoms with van der Waals surface area (Å²) in [4.78, 5) is 50.2. The van der Waals surface area contributed by atoms with Crippen LogP contribution in [0.1, 0.15) is 61.3 Å². The van der Waals surface area contributed by atoms with Gasteiger partial charge < -0.3 is 20.8 Å². The van der Waals surface area contributed by atoms with E-state index < -0.39 is 35.8 Å². The minimum absolute atomic E-state index is 0.0930. The smallest absolute Gasteiger partial charge is 0.326 e. The lowest BCUT2D eigenvalue weighted by Gasteiger charge is -2.18. The zero-order chi connectivity index (χ0) is 26.8. The van der Waals surface area contributed by atoms with Crippen LogP contribution in [0, 0.1) is 11.8 Å². The number of hydrogen-bond donors (Lipinski definition) is 4. The quantitative estimate of drug-likeness (QED) is 0.267. The number of aliphatic carboxylic acids is 2. The van der Waals surface area contributed by atoms with Gasteiger partial charge in [-0.1, -0.05) is 73.5 Å². The maximum atomic E-state index is 12.9. The summed E-state index contributed by atoms with van der Waals surface area (Å²) in [5, 5.41) is 24.1. The fourth-order valence-corrected chi connectivity index (χ4v) is 5.76. The lowest BCUT2D eigenvalue weighted by atomic mass is 10.0. The first-order valence-corrected chi connectivity index (χ1v) is 13.7. The van der Waals surface area contributed by atoms with Gasteiger partial charge in [0.05, 0.1) is 11.1 Å². The second-order valence-electron chi connectivity index (χ2n) is 9.15. The van der Waals surface area contributed by atoms with Crippen LogP contribution in [0.2, 0.25) is 0 Å². The average molecular weight is 533 g/mol. The Morgan fingerprint density at radius 2 is 1.00 bits per heavy atom. The molecule has 0 fully saturated rings. The Bertz CT molecular complexity index is 1000. The van der Waals surface area contributed by atoms with Crippen molar-refractivity contribution >= 4 is 45.3 Å². The van der Waals surface area contributed by atoms with Crippen molar-refractivity contribution in [2.24, 2.45) is 11.8 Å². The first-order valence-electron chi connectivity index (χ1n) is 11.6. The topological polar surface area (TPSA) is 133 Å². The second kappa shape index (κ2) is 13.9. The Morgan fingerprint density at radius 1 is 0.667 bits per heavy atom. The van der Waals surface area contributed by atoms with E-state index in [4.69, 9.17) is 0 Å². The molecule has 0 bridgehead atoms. The molecule has 0 spiro atoms. The maximum Gasteiger partial charge on any atom is 0.326 e. The van der Waals surface area contributed by atoms with Crippen LogP contribution < -0.4 is 10.6 Å². The van der Waals surface area contributed by atoms with Gasteiger partial charge in [-0.15, -0.1) is 0 Å². The fourth-order valence-electron chi connectivity index (χ4n) is 3.40. The zero-order valence-corrected chi connectivity index (χ0v) is 22.3. The Kier molecular flexibility index (Phi) is 11.3. The number of carbonyl (C=O) groups excluding carboxylic acids is 2. The SMILES string of the molecule is CC(C)CC(NC(=O)c1ccccc1SSc1ccccc1C(=O)NC(CC(C)C)C(=O)O)C(=O)O. The van der Waals surface area contributed by atoms with Crippen molar-refractivity contribution in [1.29, 1.82) is 0 Å². The summed E-state index contributed by atoms with van der Waals surface area (Å²) in [6.07, 6.45) is 0.615. The standard InChI is InChI=1S/C26H32N2O6S2/c1-15(2)13-19(25(31)32)27-23(29)17-9-5-7-11-21(17)35-36-22-12-8-6-10-18(22)24(30)28-20(26(33)34)14-16(3)4/h5-12,15-16,19-20H,13-14H2,1-4H3,(H,27,29)(H,28,30)(H,31,32)(H,33,34). The average Bonchev–Trinajstić information content (AvgIpc) is 2.81. The normalized spacial score (nSPS) is 12.7. The number of nitrogens with one attached hydrogen (secondary N) is 2. The fraction of sp³-hybridized carbons (Fsp3) is 0.385. The van der Waals surface area contributed by atoms with E-state index >= 15 is 0 Å². The molecule has 2 unspecified atom stereocenters. The van der Waals surface area contributed by atoms with Crippen molar-refractivity contribution < 1.29 is 29.4 Å². The minimum atomic E-state index is -1.09.